The summed E-state index contributed by atoms with van der Waals surface area (Å²) in [4.78, 5) is 23.0. The average Bonchev–Trinajstić information content (AvgIpc) is 2.43. The molecule has 0 aliphatic carbocycles. The van der Waals surface area contributed by atoms with Crippen molar-refractivity contribution in [2.75, 3.05) is 11.1 Å². The Bertz CT molecular complexity index is 712. The summed E-state index contributed by atoms with van der Waals surface area (Å²) in [5.41, 5.74) is 4.92. The van der Waals surface area contributed by atoms with Gasteiger partial charge in [0.05, 0.1) is 11.3 Å². The number of ketones is 1. The van der Waals surface area contributed by atoms with Crippen LogP contribution >= 0.6 is 0 Å². The predicted octanol–water partition coefficient (Wildman–Crippen LogP) is 2.74. The summed E-state index contributed by atoms with van der Waals surface area (Å²) in [6.07, 6.45) is 0. The van der Waals surface area contributed by atoms with Crippen molar-refractivity contribution in [2.24, 2.45) is 0 Å². The number of nitrogens with two attached hydrogens (primary N) is 1. The quantitative estimate of drug-likeness (QED) is 0.674. The first kappa shape index (κ1) is 14.6. The third-order valence-corrected chi connectivity index (χ3v) is 2.82. The molecular formula is C15H12F2N2O2. The summed E-state index contributed by atoms with van der Waals surface area (Å²) in [6, 6.07) is 7.68. The third-order valence-electron chi connectivity index (χ3n) is 2.82. The molecule has 3 N–H and O–H groups in total. The Balaban J connectivity index is 2.37. The number of hydrogen-bond donors (Lipinski definition) is 2. The predicted molar refractivity (Wildman–Crippen MR) is 74.9 cm³/mol. The van der Waals surface area contributed by atoms with Gasteiger partial charge in [0.2, 0.25) is 5.91 Å². The number of hydrogen-bond acceptors (Lipinski definition) is 3. The molecule has 0 atom stereocenters. The number of rotatable bonds is 3. The van der Waals surface area contributed by atoms with Crippen molar-refractivity contribution in [3.05, 3.63) is 59.2 Å². The molecule has 0 spiro atoms. The zero-order valence-electron chi connectivity index (χ0n) is 11.1. The highest BCUT2D eigenvalue weighted by molar-refractivity contribution is 6.10. The molecule has 0 unspecified atom stereocenters. The van der Waals surface area contributed by atoms with E-state index in [2.05, 4.69) is 5.32 Å². The van der Waals surface area contributed by atoms with Crippen LogP contribution in [0.5, 0.6) is 0 Å². The Morgan fingerprint density at radius 3 is 2.24 bits per heavy atom. The van der Waals surface area contributed by atoms with Crippen molar-refractivity contribution in [1.82, 2.24) is 0 Å². The van der Waals surface area contributed by atoms with Gasteiger partial charge in [-0.05, 0) is 36.4 Å². The Labute approximate surface area is 119 Å². The molecule has 0 aromatic heterocycles. The van der Waals surface area contributed by atoms with Crippen molar-refractivity contribution in [3.8, 4) is 0 Å². The maximum Gasteiger partial charge on any atom is 0.221 e. The van der Waals surface area contributed by atoms with E-state index in [0.29, 0.717) is 5.69 Å². The number of amides is 1. The van der Waals surface area contributed by atoms with E-state index in [1.165, 1.54) is 31.2 Å². The normalized spacial score (nSPS) is 10.2. The lowest BCUT2D eigenvalue weighted by atomic mass is 10.0. The van der Waals surface area contributed by atoms with E-state index in [1.807, 2.05) is 0 Å². The molecule has 2 aromatic carbocycles. The van der Waals surface area contributed by atoms with Crippen LogP contribution in [-0.2, 0) is 4.79 Å². The minimum Gasteiger partial charge on any atom is -0.396 e. The molecule has 0 fully saturated rings. The zero-order chi connectivity index (χ0) is 15.6. The van der Waals surface area contributed by atoms with Gasteiger partial charge in [0, 0.05) is 18.2 Å². The number of nitrogens with one attached hydrogen (secondary N) is 1. The Morgan fingerprint density at radius 2 is 1.67 bits per heavy atom. The van der Waals surface area contributed by atoms with Crippen molar-refractivity contribution in [1.29, 1.82) is 0 Å². The zero-order valence-corrected chi connectivity index (χ0v) is 11.1. The van der Waals surface area contributed by atoms with Crippen LogP contribution in [0, 0.1) is 11.6 Å². The lowest BCUT2D eigenvalue weighted by Gasteiger charge is -2.07. The molecule has 0 aliphatic rings. The maximum atomic E-state index is 13.8. The Morgan fingerprint density at radius 1 is 1.05 bits per heavy atom. The molecule has 0 radical (unpaired) electrons. The molecule has 2 rings (SSSR count). The molecule has 4 nitrogen and oxygen atoms in total. The lowest BCUT2D eigenvalue weighted by molar-refractivity contribution is -0.114. The standard InChI is InChI=1S/C15H12F2N2O2/c1-8(20)19-10-4-2-9(3-5-10)15(21)13-11(16)6-7-12(18)14(13)17/h2-7H,18H2,1H3,(H,19,20). The molecular weight excluding hydrogens is 278 g/mol. The van der Waals surface area contributed by atoms with E-state index in [4.69, 9.17) is 5.73 Å². The van der Waals surface area contributed by atoms with Crippen molar-refractivity contribution in [3.63, 3.8) is 0 Å². The van der Waals surface area contributed by atoms with E-state index >= 15 is 0 Å². The second-order valence-electron chi connectivity index (χ2n) is 4.41. The van der Waals surface area contributed by atoms with Crippen molar-refractivity contribution in [2.45, 2.75) is 6.92 Å². The van der Waals surface area contributed by atoms with Gasteiger partial charge in [-0.15, -0.1) is 0 Å². The van der Waals surface area contributed by atoms with Crippen molar-refractivity contribution < 1.29 is 18.4 Å². The molecule has 21 heavy (non-hydrogen) atoms. The molecule has 1 amide bonds. The van der Waals surface area contributed by atoms with Gasteiger partial charge in [0.15, 0.2) is 11.6 Å². The molecule has 6 heteroatoms. The van der Waals surface area contributed by atoms with Crippen LogP contribution in [0.3, 0.4) is 0 Å². The van der Waals surface area contributed by atoms with Crippen LogP contribution in [0.15, 0.2) is 36.4 Å². The lowest BCUT2D eigenvalue weighted by Crippen LogP contribution is -2.10. The fourth-order valence-electron chi connectivity index (χ4n) is 1.83. The van der Waals surface area contributed by atoms with Gasteiger partial charge in [-0.1, -0.05) is 0 Å². The summed E-state index contributed by atoms with van der Waals surface area (Å²) in [5, 5.41) is 2.52. The smallest absolute Gasteiger partial charge is 0.221 e. The molecule has 0 saturated carbocycles. The highest BCUT2D eigenvalue weighted by Crippen LogP contribution is 2.22. The van der Waals surface area contributed by atoms with Crippen LogP contribution in [0.1, 0.15) is 22.8 Å². The van der Waals surface area contributed by atoms with E-state index in [-0.39, 0.29) is 17.2 Å². The van der Waals surface area contributed by atoms with Crippen LogP contribution in [0.2, 0.25) is 0 Å². The summed E-state index contributed by atoms with van der Waals surface area (Å²) in [7, 11) is 0. The summed E-state index contributed by atoms with van der Waals surface area (Å²) in [6.45, 7) is 1.34. The molecule has 0 saturated heterocycles. The summed E-state index contributed by atoms with van der Waals surface area (Å²) in [5.74, 6) is -3.13. The topological polar surface area (TPSA) is 72.2 Å². The van der Waals surface area contributed by atoms with Gasteiger partial charge < -0.3 is 11.1 Å². The summed E-state index contributed by atoms with van der Waals surface area (Å²) >= 11 is 0. The highest BCUT2D eigenvalue weighted by Gasteiger charge is 2.20. The second-order valence-corrected chi connectivity index (χ2v) is 4.41. The first-order chi connectivity index (χ1) is 9.90. The average molecular weight is 290 g/mol. The number of carbonyl (C=O) groups is 2. The second kappa shape index (κ2) is 5.70. The van der Waals surface area contributed by atoms with Crippen molar-refractivity contribution >= 4 is 23.1 Å². The largest absolute Gasteiger partial charge is 0.396 e. The number of halogens is 2. The third kappa shape index (κ3) is 3.05. The molecule has 2 aromatic rings. The van der Waals surface area contributed by atoms with Gasteiger partial charge in [-0.3, -0.25) is 9.59 Å². The highest BCUT2D eigenvalue weighted by atomic mass is 19.1. The van der Waals surface area contributed by atoms with Gasteiger partial charge >= 0.3 is 0 Å². The number of carbonyl (C=O) groups excluding carboxylic acids is 2. The number of benzene rings is 2. The van der Waals surface area contributed by atoms with Crippen LogP contribution in [-0.4, -0.2) is 11.7 Å². The van der Waals surface area contributed by atoms with Gasteiger partial charge in [0.25, 0.3) is 0 Å². The van der Waals surface area contributed by atoms with Gasteiger partial charge in [-0.2, -0.15) is 0 Å². The van der Waals surface area contributed by atoms with E-state index in [1.54, 1.807) is 0 Å². The molecule has 0 aliphatic heterocycles. The Hall–Kier alpha value is -2.76. The first-order valence-corrected chi connectivity index (χ1v) is 6.06. The Kier molecular flexibility index (Phi) is 3.98. The van der Waals surface area contributed by atoms with Crippen LogP contribution < -0.4 is 11.1 Å². The maximum absolute atomic E-state index is 13.8. The summed E-state index contributed by atoms with van der Waals surface area (Å²) < 4.78 is 27.5. The van der Waals surface area contributed by atoms with Crippen LogP contribution in [0.4, 0.5) is 20.2 Å². The monoisotopic (exact) mass is 290 g/mol. The van der Waals surface area contributed by atoms with Gasteiger partial charge in [-0.25, -0.2) is 8.78 Å². The number of nitrogen functional groups attached to an aromatic ring is 1. The first-order valence-electron chi connectivity index (χ1n) is 6.06. The van der Waals surface area contributed by atoms with E-state index < -0.39 is 23.0 Å². The van der Waals surface area contributed by atoms with E-state index in [0.717, 1.165) is 12.1 Å². The number of anilines is 2. The molecule has 0 bridgehead atoms. The van der Waals surface area contributed by atoms with Crippen LogP contribution in [0.25, 0.3) is 0 Å². The van der Waals surface area contributed by atoms with Gasteiger partial charge in [0.1, 0.15) is 5.82 Å². The molecule has 0 heterocycles. The molecule has 108 valence electrons. The SMILES string of the molecule is CC(=O)Nc1ccc(C(=O)c2c(F)ccc(N)c2F)cc1. The fraction of sp³-hybridized carbons (Fsp3) is 0.0667. The minimum atomic E-state index is -1.08. The van der Waals surface area contributed by atoms with E-state index in [9.17, 15) is 18.4 Å². The minimum absolute atomic E-state index is 0.0903. The fourth-order valence-corrected chi connectivity index (χ4v) is 1.83.